The predicted molar refractivity (Wildman–Crippen MR) is 58.2 cm³/mol. The van der Waals surface area contributed by atoms with Gasteiger partial charge in [-0.25, -0.2) is 0 Å². The summed E-state index contributed by atoms with van der Waals surface area (Å²) < 4.78 is 30.2. The molecule has 0 spiro atoms. The van der Waals surface area contributed by atoms with Gasteiger partial charge in [-0.3, -0.25) is 0 Å². The number of hydrogen-bond donors (Lipinski definition) is 1. The van der Waals surface area contributed by atoms with Crippen LogP contribution in [0.4, 0.5) is 5.69 Å². The fourth-order valence-electron chi connectivity index (χ4n) is 0.963. The monoisotopic (exact) mass is 304 g/mol. The number of nitrogens with zero attached hydrogens (tertiary/aromatic N) is 1. The summed E-state index contributed by atoms with van der Waals surface area (Å²) in [5, 5.41) is 1.05. The number of nitrogens with one attached hydrogen (secondary N) is 1. The molecule has 0 unspecified atom stereocenters. The SMILES string of the molecule is O=S1(=O)ONN(c2ccc(Cl)c(Cl)c2Cl)O1. The maximum Gasteiger partial charge on any atom is 0.440 e. The van der Waals surface area contributed by atoms with Crippen molar-refractivity contribution in [3.63, 3.8) is 0 Å². The lowest BCUT2D eigenvalue weighted by atomic mass is 10.3. The van der Waals surface area contributed by atoms with Crippen LogP contribution in [-0.2, 0) is 19.0 Å². The van der Waals surface area contributed by atoms with Gasteiger partial charge in [0.15, 0.2) is 0 Å². The maximum absolute atomic E-state index is 10.8. The first-order chi connectivity index (χ1) is 7.41. The van der Waals surface area contributed by atoms with Gasteiger partial charge < -0.3 is 0 Å². The molecule has 16 heavy (non-hydrogen) atoms. The number of benzene rings is 1. The molecule has 1 fully saturated rings. The van der Waals surface area contributed by atoms with Gasteiger partial charge in [-0.05, 0) is 12.1 Å². The smallest absolute Gasteiger partial charge is 0.165 e. The van der Waals surface area contributed by atoms with Gasteiger partial charge in [0.2, 0.25) is 0 Å². The Morgan fingerprint density at radius 2 is 1.88 bits per heavy atom. The number of halogens is 3. The molecule has 1 aliphatic rings. The van der Waals surface area contributed by atoms with E-state index in [1.54, 1.807) is 0 Å². The van der Waals surface area contributed by atoms with E-state index in [4.69, 9.17) is 34.8 Å². The minimum Gasteiger partial charge on any atom is -0.165 e. The second-order valence-corrected chi connectivity index (χ2v) is 4.94. The van der Waals surface area contributed by atoms with E-state index in [0.29, 0.717) is 5.17 Å². The van der Waals surface area contributed by atoms with Crippen LogP contribution in [0.1, 0.15) is 0 Å². The minimum atomic E-state index is -4.10. The highest BCUT2D eigenvalue weighted by atomic mass is 35.5. The predicted octanol–water partition coefficient (Wildman–Crippen LogP) is 2.08. The zero-order valence-electron chi connectivity index (χ0n) is 7.28. The van der Waals surface area contributed by atoms with Crippen LogP contribution < -0.4 is 10.8 Å². The molecule has 88 valence electrons. The van der Waals surface area contributed by atoms with Crippen LogP contribution in [0, 0.1) is 0 Å². The molecule has 1 aromatic carbocycles. The molecule has 0 aromatic heterocycles. The summed E-state index contributed by atoms with van der Waals surface area (Å²) in [5.74, 6) is 0. The zero-order chi connectivity index (χ0) is 11.9. The van der Waals surface area contributed by atoms with Crippen molar-refractivity contribution in [2.24, 2.45) is 0 Å². The number of rotatable bonds is 1. The van der Waals surface area contributed by atoms with Gasteiger partial charge >= 0.3 is 10.4 Å². The van der Waals surface area contributed by atoms with Crippen LogP contribution in [0.15, 0.2) is 12.1 Å². The summed E-state index contributed by atoms with van der Waals surface area (Å²) in [6.07, 6.45) is 0. The Kier molecular flexibility index (Phi) is 3.19. The molecule has 2 rings (SSSR count). The molecule has 6 nitrogen and oxygen atoms in total. The maximum atomic E-state index is 10.8. The molecule has 1 aliphatic heterocycles. The summed E-state index contributed by atoms with van der Waals surface area (Å²) in [4.78, 5) is 0. The molecule has 1 N–H and O–H groups in total. The van der Waals surface area contributed by atoms with Crippen molar-refractivity contribution >= 4 is 50.9 Å². The van der Waals surface area contributed by atoms with Crippen molar-refractivity contribution in [2.45, 2.75) is 0 Å². The molecule has 0 bridgehead atoms. The second-order valence-electron chi connectivity index (χ2n) is 2.65. The Hall–Kier alpha value is -0.280. The summed E-state index contributed by atoms with van der Waals surface area (Å²) in [5.41, 5.74) is 2.14. The molecular weight excluding hydrogens is 303 g/mol. The summed E-state index contributed by atoms with van der Waals surface area (Å²) in [6, 6.07) is 2.84. The van der Waals surface area contributed by atoms with Crippen LogP contribution in [0.3, 0.4) is 0 Å². The fraction of sp³-hybridized carbons (Fsp3) is 0. The highest BCUT2D eigenvalue weighted by Gasteiger charge is 2.31. The largest absolute Gasteiger partial charge is 0.440 e. The van der Waals surface area contributed by atoms with E-state index in [9.17, 15) is 8.42 Å². The standard InChI is InChI=1S/C6H3Cl3N2O4S/c7-3-1-2-4(6(9)5(3)8)11-10-14-16(12,13)15-11/h1-2,10H. The Balaban J connectivity index is 2.40. The number of hydrazine groups is 1. The fourth-order valence-corrected chi connectivity index (χ4v) is 2.05. The third-order valence-corrected chi connectivity index (χ3v) is 3.52. The summed E-state index contributed by atoms with van der Waals surface area (Å²) >= 11 is 17.3. The first-order valence-corrected chi connectivity index (χ1v) is 6.20. The zero-order valence-corrected chi connectivity index (χ0v) is 10.4. The van der Waals surface area contributed by atoms with Crippen molar-refractivity contribution < 1.29 is 17.0 Å². The Labute approximate surface area is 106 Å². The topological polar surface area (TPSA) is 67.9 Å². The van der Waals surface area contributed by atoms with Crippen LogP contribution in [0.25, 0.3) is 0 Å². The first-order valence-electron chi connectivity index (χ1n) is 3.73. The third-order valence-electron chi connectivity index (χ3n) is 1.62. The molecule has 0 saturated carbocycles. The van der Waals surface area contributed by atoms with Crippen molar-refractivity contribution in [2.75, 3.05) is 5.17 Å². The molecule has 1 aromatic rings. The molecule has 0 radical (unpaired) electrons. The van der Waals surface area contributed by atoms with E-state index in [2.05, 4.69) is 8.57 Å². The Morgan fingerprint density at radius 1 is 1.19 bits per heavy atom. The average molecular weight is 306 g/mol. The normalized spacial score (nSPS) is 19.1. The van der Waals surface area contributed by atoms with E-state index < -0.39 is 10.4 Å². The van der Waals surface area contributed by atoms with E-state index in [1.807, 2.05) is 5.59 Å². The van der Waals surface area contributed by atoms with Crippen LogP contribution in [0.2, 0.25) is 15.1 Å². The van der Waals surface area contributed by atoms with Gasteiger partial charge in [-0.15, -0.1) is 13.7 Å². The highest BCUT2D eigenvalue weighted by Crippen LogP contribution is 2.38. The van der Waals surface area contributed by atoms with Gasteiger partial charge in [0.25, 0.3) is 0 Å². The van der Waals surface area contributed by atoms with Crippen molar-refractivity contribution in [3.05, 3.63) is 27.2 Å². The van der Waals surface area contributed by atoms with Crippen molar-refractivity contribution in [1.29, 1.82) is 0 Å². The first kappa shape index (κ1) is 12.2. The molecule has 0 aliphatic carbocycles. The van der Waals surface area contributed by atoms with Gasteiger partial charge in [0, 0.05) is 0 Å². The molecule has 0 atom stereocenters. The van der Waals surface area contributed by atoms with Crippen molar-refractivity contribution in [3.8, 4) is 0 Å². The van der Waals surface area contributed by atoms with Crippen molar-refractivity contribution in [1.82, 2.24) is 5.59 Å². The molecule has 0 amide bonds. The molecular formula is C6H3Cl3N2O4S. The van der Waals surface area contributed by atoms with E-state index >= 15 is 0 Å². The number of hydrogen-bond acceptors (Lipinski definition) is 6. The minimum absolute atomic E-state index is 0.0300. The van der Waals surface area contributed by atoms with E-state index in [0.717, 1.165) is 0 Å². The van der Waals surface area contributed by atoms with Crippen LogP contribution in [0.5, 0.6) is 0 Å². The van der Waals surface area contributed by atoms with Gasteiger partial charge in [0.05, 0.1) is 15.1 Å². The lowest BCUT2D eigenvalue weighted by Gasteiger charge is -2.13. The Bertz CT molecular complexity index is 535. The van der Waals surface area contributed by atoms with Crippen LogP contribution >= 0.6 is 34.8 Å². The van der Waals surface area contributed by atoms with Gasteiger partial charge in [-0.2, -0.15) is 8.42 Å². The Morgan fingerprint density at radius 3 is 2.44 bits per heavy atom. The molecule has 10 heteroatoms. The number of anilines is 1. The van der Waals surface area contributed by atoms with E-state index in [-0.39, 0.29) is 20.8 Å². The van der Waals surface area contributed by atoms with E-state index in [1.165, 1.54) is 12.1 Å². The quantitative estimate of drug-likeness (QED) is 0.801. The summed E-state index contributed by atoms with van der Waals surface area (Å²) in [7, 11) is -4.10. The molecule has 1 saturated heterocycles. The lowest BCUT2D eigenvalue weighted by Crippen LogP contribution is -2.28. The van der Waals surface area contributed by atoms with Gasteiger partial charge in [-0.1, -0.05) is 40.4 Å². The average Bonchev–Trinajstić information content (AvgIpc) is 2.55. The second kappa shape index (κ2) is 4.19. The highest BCUT2D eigenvalue weighted by molar-refractivity contribution is 7.82. The molecule has 1 heterocycles. The van der Waals surface area contributed by atoms with Gasteiger partial charge in [0.1, 0.15) is 5.69 Å². The summed E-state index contributed by atoms with van der Waals surface area (Å²) in [6.45, 7) is 0. The van der Waals surface area contributed by atoms with Crippen LogP contribution in [-0.4, -0.2) is 8.42 Å². The third kappa shape index (κ3) is 2.21. The lowest BCUT2D eigenvalue weighted by molar-refractivity contribution is 0.198.